The van der Waals surface area contributed by atoms with E-state index in [2.05, 4.69) is 6.92 Å². The summed E-state index contributed by atoms with van der Waals surface area (Å²) in [6, 6.07) is 1.96. The molecule has 1 rings (SSSR count). The van der Waals surface area contributed by atoms with Crippen molar-refractivity contribution in [2.45, 2.75) is 53.0 Å². The third-order valence-electron chi connectivity index (χ3n) is 3.20. The van der Waals surface area contributed by atoms with Crippen molar-refractivity contribution < 1.29 is 14.7 Å². The first-order chi connectivity index (χ1) is 9.36. The van der Waals surface area contributed by atoms with E-state index in [9.17, 15) is 9.59 Å². The van der Waals surface area contributed by atoms with Crippen molar-refractivity contribution in [3.05, 3.63) is 21.4 Å². The summed E-state index contributed by atoms with van der Waals surface area (Å²) in [7, 11) is 0. The van der Waals surface area contributed by atoms with Gasteiger partial charge in [0.05, 0.1) is 11.3 Å². The second-order valence-electron chi connectivity index (χ2n) is 5.18. The van der Waals surface area contributed by atoms with E-state index in [1.807, 2.05) is 26.8 Å². The van der Waals surface area contributed by atoms with Crippen molar-refractivity contribution in [2.75, 3.05) is 6.54 Å². The van der Waals surface area contributed by atoms with Gasteiger partial charge in [0.25, 0.3) is 5.91 Å². The maximum atomic E-state index is 12.5. The fraction of sp³-hybridized carbons (Fsp3) is 0.600. The highest BCUT2D eigenvalue weighted by molar-refractivity contribution is 7.14. The molecule has 0 saturated heterocycles. The van der Waals surface area contributed by atoms with Gasteiger partial charge in [-0.25, -0.2) is 0 Å². The van der Waals surface area contributed by atoms with Gasteiger partial charge in [-0.2, -0.15) is 0 Å². The first kappa shape index (κ1) is 16.7. The van der Waals surface area contributed by atoms with E-state index >= 15 is 0 Å². The van der Waals surface area contributed by atoms with Crippen LogP contribution in [-0.2, 0) is 11.2 Å². The number of amides is 1. The van der Waals surface area contributed by atoms with Crippen LogP contribution in [0.2, 0.25) is 0 Å². The number of rotatable bonds is 7. The summed E-state index contributed by atoms with van der Waals surface area (Å²) in [5.41, 5.74) is 1.22. The zero-order chi connectivity index (χ0) is 15.3. The van der Waals surface area contributed by atoms with Crippen molar-refractivity contribution in [1.29, 1.82) is 0 Å². The predicted octanol–water partition coefficient (Wildman–Crippen LogP) is 3.33. The average molecular weight is 297 g/mol. The molecule has 0 aliphatic heterocycles. The summed E-state index contributed by atoms with van der Waals surface area (Å²) >= 11 is 1.50. The molecule has 112 valence electrons. The number of aliphatic carboxylic acids is 1. The van der Waals surface area contributed by atoms with Gasteiger partial charge in [0.1, 0.15) is 0 Å². The first-order valence-electron chi connectivity index (χ1n) is 6.98. The topological polar surface area (TPSA) is 57.6 Å². The Morgan fingerprint density at radius 2 is 2.05 bits per heavy atom. The molecule has 0 unspecified atom stereocenters. The van der Waals surface area contributed by atoms with E-state index in [0.29, 0.717) is 4.88 Å². The second kappa shape index (κ2) is 7.43. The van der Waals surface area contributed by atoms with Crippen molar-refractivity contribution in [3.8, 4) is 0 Å². The number of hydrogen-bond donors (Lipinski definition) is 1. The van der Waals surface area contributed by atoms with Crippen molar-refractivity contribution in [2.24, 2.45) is 0 Å². The highest BCUT2D eigenvalue weighted by atomic mass is 32.1. The fourth-order valence-corrected chi connectivity index (χ4v) is 3.12. The molecule has 0 aliphatic carbocycles. The summed E-state index contributed by atoms with van der Waals surface area (Å²) in [6.07, 6.45) is 2.01. The number of aryl methyl sites for hydroxylation is 2. The SMILES string of the molecule is CCCc1cc(C(=O)N(CCC(=O)O)C(C)C)sc1C. The highest BCUT2D eigenvalue weighted by Crippen LogP contribution is 2.24. The molecule has 0 aliphatic rings. The van der Waals surface area contributed by atoms with E-state index in [-0.39, 0.29) is 24.9 Å². The van der Waals surface area contributed by atoms with Crippen LogP contribution in [0.5, 0.6) is 0 Å². The Labute approximate surface area is 124 Å². The molecular weight excluding hydrogens is 274 g/mol. The zero-order valence-electron chi connectivity index (χ0n) is 12.6. The minimum Gasteiger partial charge on any atom is -0.481 e. The molecule has 4 nitrogen and oxygen atoms in total. The van der Waals surface area contributed by atoms with Crippen LogP contribution < -0.4 is 0 Å². The molecule has 0 bridgehead atoms. The summed E-state index contributed by atoms with van der Waals surface area (Å²) in [4.78, 5) is 26.7. The third-order valence-corrected chi connectivity index (χ3v) is 4.28. The lowest BCUT2D eigenvalue weighted by Crippen LogP contribution is -2.38. The smallest absolute Gasteiger partial charge is 0.305 e. The largest absolute Gasteiger partial charge is 0.481 e. The normalized spacial score (nSPS) is 10.8. The number of carbonyl (C=O) groups excluding carboxylic acids is 1. The number of carboxylic acid groups (broad SMARTS) is 1. The van der Waals surface area contributed by atoms with Gasteiger partial charge in [-0.15, -0.1) is 11.3 Å². The monoisotopic (exact) mass is 297 g/mol. The Kier molecular flexibility index (Phi) is 6.20. The van der Waals surface area contributed by atoms with E-state index in [1.165, 1.54) is 21.8 Å². The Hall–Kier alpha value is -1.36. The Morgan fingerprint density at radius 3 is 2.55 bits per heavy atom. The van der Waals surface area contributed by atoms with Crippen molar-refractivity contribution >= 4 is 23.2 Å². The molecule has 0 fully saturated rings. The Balaban J connectivity index is 2.88. The van der Waals surface area contributed by atoms with Gasteiger partial charge in [-0.05, 0) is 38.8 Å². The number of thiophene rings is 1. The van der Waals surface area contributed by atoms with Gasteiger partial charge >= 0.3 is 5.97 Å². The van der Waals surface area contributed by atoms with E-state index < -0.39 is 5.97 Å². The molecule has 0 aromatic carbocycles. The number of hydrogen-bond acceptors (Lipinski definition) is 3. The van der Waals surface area contributed by atoms with Crippen LogP contribution in [0.1, 0.15) is 53.7 Å². The lowest BCUT2D eigenvalue weighted by molar-refractivity contribution is -0.137. The third kappa shape index (κ3) is 4.34. The zero-order valence-corrected chi connectivity index (χ0v) is 13.4. The second-order valence-corrected chi connectivity index (χ2v) is 6.43. The Morgan fingerprint density at radius 1 is 1.40 bits per heavy atom. The molecule has 1 heterocycles. The van der Waals surface area contributed by atoms with Gasteiger partial charge in [0.15, 0.2) is 0 Å². The van der Waals surface area contributed by atoms with Crippen LogP contribution in [0.4, 0.5) is 0 Å². The fourth-order valence-electron chi connectivity index (χ4n) is 2.09. The summed E-state index contributed by atoms with van der Waals surface area (Å²) in [5, 5.41) is 8.78. The van der Waals surface area contributed by atoms with Crippen LogP contribution in [0.25, 0.3) is 0 Å². The lowest BCUT2D eigenvalue weighted by atomic mass is 10.1. The molecule has 0 saturated carbocycles. The van der Waals surface area contributed by atoms with E-state index in [1.54, 1.807) is 4.90 Å². The molecule has 0 spiro atoms. The standard InChI is InChI=1S/C15H23NO3S/c1-5-6-12-9-13(20-11(12)4)15(19)16(10(2)3)8-7-14(17)18/h9-10H,5-8H2,1-4H3,(H,17,18). The van der Waals surface area contributed by atoms with Gasteiger partial charge < -0.3 is 10.0 Å². The molecule has 1 amide bonds. The quantitative estimate of drug-likeness (QED) is 0.839. The van der Waals surface area contributed by atoms with Gasteiger partial charge in [0.2, 0.25) is 0 Å². The minimum atomic E-state index is -0.877. The first-order valence-corrected chi connectivity index (χ1v) is 7.80. The number of carboxylic acids is 1. The van der Waals surface area contributed by atoms with Crippen molar-refractivity contribution in [1.82, 2.24) is 4.90 Å². The predicted molar refractivity (Wildman–Crippen MR) is 81.5 cm³/mol. The van der Waals surface area contributed by atoms with Gasteiger partial charge in [-0.3, -0.25) is 9.59 Å². The molecule has 5 heteroatoms. The molecule has 1 aromatic heterocycles. The number of nitrogens with zero attached hydrogens (tertiary/aromatic N) is 1. The van der Waals surface area contributed by atoms with Gasteiger partial charge in [-0.1, -0.05) is 13.3 Å². The van der Waals surface area contributed by atoms with Crippen LogP contribution in [0, 0.1) is 6.92 Å². The minimum absolute atomic E-state index is 0.00104. The van der Waals surface area contributed by atoms with Gasteiger partial charge in [0, 0.05) is 17.5 Å². The number of carbonyl (C=O) groups is 2. The summed E-state index contributed by atoms with van der Waals surface area (Å²) < 4.78 is 0. The van der Waals surface area contributed by atoms with E-state index in [0.717, 1.165) is 12.8 Å². The molecule has 0 radical (unpaired) electrons. The van der Waals surface area contributed by atoms with Crippen molar-refractivity contribution in [3.63, 3.8) is 0 Å². The van der Waals surface area contributed by atoms with E-state index in [4.69, 9.17) is 5.11 Å². The summed E-state index contributed by atoms with van der Waals surface area (Å²) in [6.45, 7) is 8.22. The highest BCUT2D eigenvalue weighted by Gasteiger charge is 2.22. The summed E-state index contributed by atoms with van der Waals surface area (Å²) in [5.74, 6) is -0.936. The average Bonchev–Trinajstić information content (AvgIpc) is 2.71. The van der Waals surface area contributed by atoms with Crippen LogP contribution in [0.15, 0.2) is 6.07 Å². The molecular formula is C15H23NO3S. The lowest BCUT2D eigenvalue weighted by Gasteiger charge is -2.25. The molecule has 0 atom stereocenters. The maximum absolute atomic E-state index is 12.5. The molecule has 20 heavy (non-hydrogen) atoms. The van der Waals surface area contributed by atoms with Crippen LogP contribution in [-0.4, -0.2) is 34.5 Å². The molecule has 1 aromatic rings. The van der Waals surface area contributed by atoms with Crippen LogP contribution >= 0.6 is 11.3 Å². The van der Waals surface area contributed by atoms with Crippen LogP contribution in [0.3, 0.4) is 0 Å². The molecule has 1 N–H and O–H groups in total. The maximum Gasteiger partial charge on any atom is 0.305 e. The Bertz CT molecular complexity index is 479.